The fourth-order valence-electron chi connectivity index (χ4n) is 3.65. The number of hydrogen-bond donors (Lipinski definition) is 2. The number of aromatic nitrogens is 1. The van der Waals surface area contributed by atoms with Gasteiger partial charge in [-0.05, 0) is 61.9 Å². The van der Waals surface area contributed by atoms with Gasteiger partial charge in [-0.2, -0.15) is 0 Å². The minimum Gasteiger partial charge on any atom is -0.322 e. The molecule has 2 N–H and O–H groups in total. The van der Waals surface area contributed by atoms with Gasteiger partial charge in [0, 0.05) is 28.5 Å². The van der Waals surface area contributed by atoms with Gasteiger partial charge in [0.15, 0.2) is 0 Å². The fourth-order valence-corrected chi connectivity index (χ4v) is 4.93. The predicted molar refractivity (Wildman–Crippen MR) is 124 cm³/mol. The lowest BCUT2D eigenvalue weighted by Gasteiger charge is -2.11. The lowest BCUT2D eigenvalue weighted by atomic mass is 10.0. The fraction of sp³-hybridized carbons (Fsp3) is 0.261. The van der Waals surface area contributed by atoms with Gasteiger partial charge in [-0.3, -0.25) is 14.6 Å². The molecule has 0 aliphatic heterocycles. The van der Waals surface area contributed by atoms with Crippen LogP contribution in [0.15, 0.2) is 48.8 Å². The third-order valence-electron chi connectivity index (χ3n) is 5.21. The van der Waals surface area contributed by atoms with Crippen molar-refractivity contribution in [3.8, 4) is 0 Å². The zero-order valence-electron chi connectivity index (χ0n) is 16.7. The average molecular weight is 442 g/mol. The minimum atomic E-state index is -0.228. The van der Waals surface area contributed by atoms with E-state index in [0.717, 1.165) is 42.5 Å². The second kappa shape index (κ2) is 9.87. The lowest BCUT2D eigenvalue weighted by molar-refractivity contribution is 0.102. The first-order valence-corrected chi connectivity index (χ1v) is 10.7. The highest BCUT2D eigenvalue weighted by Crippen LogP contribution is 2.38. The zero-order chi connectivity index (χ0) is 20.2. The maximum atomic E-state index is 13.3. The summed E-state index contributed by atoms with van der Waals surface area (Å²) < 4.78 is 0. The van der Waals surface area contributed by atoms with Crippen LogP contribution in [0.25, 0.3) is 0 Å². The monoisotopic (exact) mass is 441 g/mol. The number of amides is 2. The summed E-state index contributed by atoms with van der Waals surface area (Å²) in [6.07, 6.45) is 8.34. The second-order valence-electron chi connectivity index (χ2n) is 7.23. The van der Waals surface area contributed by atoms with Gasteiger partial charge in [0.2, 0.25) is 0 Å². The molecule has 0 atom stereocenters. The molecule has 0 saturated carbocycles. The van der Waals surface area contributed by atoms with Gasteiger partial charge >= 0.3 is 0 Å². The molecule has 156 valence electrons. The van der Waals surface area contributed by atoms with E-state index in [1.54, 1.807) is 24.5 Å². The van der Waals surface area contributed by atoms with E-state index < -0.39 is 0 Å². The normalized spacial score (nSPS) is 12.8. The number of nitrogens with one attached hydrogen (secondary N) is 2. The van der Waals surface area contributed by atoms with E-state index in [1.807, 2.05) is 31.2 Å². The van der Waals surface area contributed by atoms with Gasteiger partial charge in [-0.1, -0.05) is 24.6 Å². The molecule has 0 spiro atoms. The van der Waals surface area contributed by atoms with E-state index in [2.05, 4.69) is 15.6 Å². The predicted octanol–water partition coefficient (Wildman–Crippen LogP) is 5.65. The Kier molecular flexibility index (Phi) is 7.24. The number of benzene rings is 1. The Bertz CT molecular complexity index is 1050. The number of thiophene rings is 1. The number of aryl methyl sites for hydroxylation is 2. The van der Waals surface area contributed by atoms with Gasteiger partial charge in [0.1, 0.15) is 5.00 Å². The molecule has 1 aliphatic rings. The molecule has 2 aromatic heterocycles. The Morgan fingerprint density at radius 3 is 2.43 bits per heavy atom. The third-order valence-corrected chi connectivity index (χ3v) is 6.42. The first kappa shape index (κ1) is 22.0. The van der Waals surface area contributed by atoms with Crippen LogP contribution >= 0.6 is 23.7 Å². The van der Waals surface area contributed by atoms with Gasteiger partial charge in [-0.25, -0.2) is 0 Å². The van der Waals surface area contributed by atoms with Crippen molar-refractivity contribution in [1.82, 2.24) is 4.98 Å². The van der Waals surface area contributed by atoms with Crippen molar-refractivity contribution in [3.63, 3.8) is 0 Å². The van der Waals surface area contributed by atoms with Crippen LogP contribution in [0.1, 0.15) is 56.0 Å². The van der Waals surface area contributed by atoms with Crippen molar-refractivity contribution in [2.75, 3.05) is 10.6 Å². The summed E-state index contributed by atoms with van der Waals surface area (Å²) >= 11 is 1.53. The molecule has 0 unspecified atom stereocenters. The summed E-state index contributed by atoms with van der Waals surface area (Å²) in [5.74, 6) is -0.391. The topological polar surface area (TPSA) is 71.1 Å². The van der Waals surface area contributed by atoms with Crippen molar-refractivity contribution in [2.45, 2.75) is 39.0 Å². The first-order valence-electron chi connectivity index (χ1n) is 9.86. The number of fused-ring (bicyclic) bond motifs is 1. The number of hydrogen-bond acceptors (Lipinski definition) is 4. The molecule has 2 heterocycles. The number of pyridine rings is 1. The molecule has 30 heavy (non-hydrogen) atoms. The maximum Gasteiger partial charge on any atom is 0.258 e. The SMILES string of the molecule is Cc1ccccc1NC(=O)c1c(NC(=O)c2ccncc2)sc2c1CCCCC2.Cl. The van der Waals surface area contributed by atoms with Crippen molar-refractivity contribution in [1.29, 1.82) is 0 Å². The quantitative estimate of drug-likeness (QED) is 0.514. The highest BCUT2D eigenvalue weighted by molar-refractivity contribution is 7.17. The van der Waals surface area contributed by atoms with E-state index in [0.29, 0.717) is 16.1 Å². The van der Waals surface area contributed by atoms with Crippen LogP contribution in [-0.2, 0) is 12.8 Å². The van der Waals surface area contributed by atoms with E-state index in [1.165, 1.54) is 22.6 Å². The Morgan fingerprint density at radius 1 is 0.933 bits per heavy atom. The summed E-state index contributed by atoms with van der Waals surface area (Å²) in [4.78, 5) is 31.2. The zero-order valence-corrected chi connectivity index (χ0v) is 18.4. The summed E-state index contributed by atoms with van der Waals surface area (Å²) in [7, 11) is 0. The number of anilines is 2. The smallest absolute Gasteiger partial charge is 0.258 e. The first-order chi connectivity index (χ1) is 14.1. The summed E-state index contributed by atoms with van der Waals surface area (Å²) in [6, 6.07) is 11.1. The second-order valence-corrected chi connectivity index (χ2v) is 8.33. The minimum absolute atomic E-state index is 0. The summed E-state index contributed by atoms with van der Waals surface area (Å²) in [6.45, 7) is 1.97. The number of halogens is 1. The van der Waals surface area contributed by atoms with Gasteiger partial charge in [-0.15, -0.1) is 23.7 Å². The van der Waals surface area contributed by atoms with E-state index >= 15 is 0 Å². The lowest BCUT2D eigenvalue weighted by Crippen LogP contribution is -2.18. The van der Waals surface area contributed by atoms with Crippen LogP contribution in [0, 0.1) is 6.92 Å². The highest BCUT2D eigenvalue weighted by Gasteiger charge is 2.26. The van der Waals surface area contributed by atoms with Crippen LogP contribution in [-0.4, -0.2) is 16.8 Å². The van der Waals surface area contributed by atoms with Crippen molar-refractivity contribution in [3.05, 3.63) is 75.9 Å². The van der Waals surface area contributed by atoms with Crippen LogP contribution in [0.2, 0.25) is 0 Å². The Morgan fingerprint density at radius 2 is 1.67 bits per heavy atom. The average Bonchev–Trinajstić information content (AvgIpc) is 2.90. The molecule has 0 fully saturated rings. The molecule has 4 rings (SSSR count). The number of rotatable bonds is 4. The molecular formula is C23H24ClN3O2S. The number of carbonyl (C=O) groups is 2. The summed E-state index contributed by atoms with van der Waals surface area (Å²) in [5, 5.41) is 6.65. The number of nitrogens with zero attached hydrogens (tertiary/aromatic N) is 1. The Labute approximate surface area is 186 Å². The van der Waals surface area contributed by atoms with Crippen LogP contribution in [0.5, 0.6) is 0 Å². The molecule has 3 aromatic rings. The van der Waals surface area contributed by atoms with Crippen LogP contribution in [0.4, 0.5) is 10.7 Å². The maximum absolute atomic E-state index is 13.3. The van der Waals surface area contributed by atoms with Crippen molar-refractivity contribution < 1.29 is 9.59 Å². The van der Waals surface area contributed by atoms with Gasteiger partial charge in [0.05, 0.1) is 5.56 Å². The standard InChI is InChI=1S/C23H23N3O2S.ClH/c1-15-7-5-6-9-18(15)25-22(28)20-17-8-3-2-4-10-19(17)29-23(20)26-21(27)16-11-13-24-14-12-16;/h5-7,9,11-14H,2-4,8,10H2,1H3,(H,25,28)(H,26,27);1H. The molecule has 1 aliphatic carbocycles. The molecule has 7 heteroatoms. The molecular weight excluding hydrogens is 418 g/mol. The molecule has 0 bridgehead atoms. The molecule has 5 nitrogen and oxygen atoms in total. The Balaban J connectivity index is 0.00000256. The van der Waals surface area contributed by atoms with E-state index in [-0.39, 0.29) is 24.2 Å². The van der Waals surface area contributed by atoms with Gasteiger partial charge < -0.3 is 10.6 Å². The highest BCUT2D eigenvalue weighted by atomic mass is 35.5. The van der Waals surface area contributed by atoms with E-state index in [9.17, 15) is 9.59 Å². The summed E-state index contributed by atoms with van der Waals surface area (Å²) in [5.41, 5.74) is 4.01. The van der Waals surface area contributed by atoms with E-state index in [4.69, 9.17) is 0 Å². The molecule has 1 aromatic carbocycles. The number of carbonyl (C=O) groups excluding carboxylic acids is 2. The largest absolute Gasteiger partial charge is 0.322 e. The van der Waals surface area contributed by atoms with Gasteiger partial charge in [0.25, 0.3) is 11.8 Å². The molecule has 0 radical (unpaired) electrons. The third kappa shape index (κ3) is 4.71. The molecule has 2 amide bonds. The van der Waals surface area contributed by atoms with Crippen molar-refractivity contribution >= 4 is 46.2 Å². The number of para-hydroxylation sites is 1. The Hall–Kier alpha value is -2.70. The van der Waals surface area contributed by atoms with Crippen LogP contribution < -0.4 is 10.6 Å². The van der Waals surface area contributed by atoms with Crippen LogP contribution in [0.3, 0.4) is 0 Å². The van der Waals surface area contributed by atoms with Crippen molar-refractivity contribution in [2.24, 2.45) is 0 Å². The molecule has 0 saturated heterocycles.